The first-order chi connectivity index (χ1) is 16.8. The molecule has 1 heterocycles. The molecule has 192 valence electrons. The van der Waals surface area contributed by atoms with Gasteiger partial charge in [0.15, 0.2) is 0 Å². The van der Waals surface area contributed by atoms with Gasteiger partial charge in [0.05, 0.1) is 11.6 Å². The molecular weight excluding hydrogens is 436 g/mol. The van der Waals surface area contributed by atoms with Crippen molar-refractivity contribution in [3.8, 4) is 0 Å². The van der Waals surface area contributed by atoms with Gasteiger partial charge in [0.2, 0.25) is 12.3 Å². The lowest BCUT2D eigenvalue weighted by Gasteiger charge is -2.40. The number of piperidine rings is 1. The summed E-state index contributed by atoms with van der Waals surface area (Å²) >= 11 is 0. The second kappa shape index (κ2) is 13.8. The van der Waals surface area contributed by atoms with Gasteiger partial charge in [-0.3, -0.25) is 4.79 Å². The number of rotatable bonds is 12. The van der Waals surface area contributed by atoms with Gasteiger partial charge in [0, 0.05) is 12.6 Å². The van der Waals surface area contributed by atoms with Crippen LogP contribution >= 0.6 is 0 Å². The summed E-state index contributed by atoms with van der Waals surface area (Å²) in [4.78, 5) is 15.3. The molecule has 2 unspecified atom stereocenters. The molecule has 2 aromatic carbocycles. The van der Waals surface area contributed by atoms with E-state index in [-0.39, 0.29) is 18.0 Å². The van der Waals surface area contributed by atoms with E-state index in [2.05, 4.69) is 53.8 Å². The van der Waals surface area contributed by atoms with Crippen LogP contribution in [0.4, 0.5) is 0 Å². The maximum atomic E-state index is 13.4. The standard InChI is InChI=1S/C30H44N2O3/c1-30(2,3)35-29(34)32-23-11-10-22-27(32)28(33)31-26(20-12-18-24-14-6-4-7-15-24)21-13-19-25-16-8-5-9-17-25/h4-9,14-17,26-27,29,34H,10-13,18-23H2,1-3H3,(H,31,33). The van der Waals surface area contributed by atoms with Crippen LogP contribution in [0.2, 0.25) is 0 Å². The average Bonchev–Trinajstić information content (AvgIpc) is 2.84. The number of hydrogen-bond donors (Lipinski definition) is 2. The number of ether oxygens (including phenoxy) is 1. The van der Waals surface area contributed by atoms with Crippen LogP contribution < -0.4 is 5.32 Å². The molecule has 0 radical (unpaired) electrons. The smallest absolute Gasteiger partial charge is 0.237 e. The van der Waals surface area contributed by atoms with Gasteiger partial charge in [0.25, 0.3) is 0 Å². The van der Waals surface area contributed by atoms with Crippen molar-refractivity contribution < 1.29 is 14.6 Å². The van der Waals surface area contributed by atoms with Crippen LogP contribution in [0.25, 0.3) is 0 Å². The molecule has 1 aliphatic rings. The predicted molar refractivity (Wildman–Crippen MR) is 142 cm³/mol. The second-order valence-corrected chi connectivity index (χ2v) is 10.8. The predicted octanol–water partition coefficient (Wildman–Crippen LogP) is 5.46. The molecule has 35 heavy (non-hydrogen) atoms. The number of carbonyl (C=O) groups is 1. The normalized spacial score (nSPS) is 17.9. The summed E-state index contributed by atoms with van der Waals surface area (Å²) in [5.41, 5.74) is 2.19. The molecule has 2 atom stereocenters. The van der Waals surface area contributed by atoms with E-state index in [1.165, 1.54) is 11.1 Å². The minimum absolute atomic E-state index is 0.0191. The van der Waals surface area contributed by atoms with Crippen LogP contribution in [0.3, 0.4) is 0 Å². The van der Waals surface area contributed by atoms with Crippen molar-refractivity contribution in [2.45, 2.75) is 103 Å². The fourth-order valence-electron chi connectivity index (χ4n) is 4.86. The van der Waals surface area contributed by atoms with E-state index < -0.39 is 12.0 Å². The van der Waals surface area contributed by atoms with Crippen LogP contribution in [0.15, 0.2) is 60.7 Å². The summed E-state index contributed by atoms with van der Waals surface area (Å²) in [6.07, 6.45) is 7.62. The van der Waals surface area contributed by atoms with E-state index in [1.54, 1.807) is 0 Å². The third-order valence-corrected chi connectivity index (χ3v) is 6.66. The van der Waals surface area contributed by atoms with E-state index in [9.17, 15) is 9.90 Å². The minimum Gasteiger partial charge on any atom is -0.356 e. The van der Waals surface area contributed by atoms with Crippen LogP contribution in [-0.4, -0.2) is 46.6 Å². The number of likely N-dealkylation sites (tertiary alicyclic amines) is 1. The van der Waals surface area contributed by atoms with Gasteiger partial charge in [-0.05, 0) is 83.3 Å². The zero-order valence-corrected chi connectivity index (χ0v) is 21.8. The average molecular weight is 481 g/mol. The molecule has 5 heteroatoms. The molecular formula is C30H44N2O3. The zero-order chi connectivity index (χ0) is 25.1. The first kappa shape index (κ1) is 27.4. The number of nitrogens with zero attached hydrogens (tertiary/aromatic N) is 1. The van der Waals surface area contributed by atoms with Gasteiger partial charge in [-0.25, -0.2) is 4.90 Å². The summed E-state index contributed by atoms with van der Waals surface area (Å²) < 4.78 is 5.79. The number of amides is 1. The number of benzene rings is 2. The fourth-order valence-corrected chi connectivity index (χ4v) is 4.86. The van der Waals surface area contributed by atoms with E-state index in [1.807, 2.05) is 37.8 Å². The number of aryl methyl sites for hydroxylation is 2. The van der Waals surface area contributed by atoms with Crippen molar-refractivity contribution in [1.82, 2.24) is 10.2 Å². The molecule has 2 N–H and O–H groups in total. The molecule has 3 rings (SSSR count). The van der Waals surface area contributed by atoms with E-state index >= 15 is 0 Å². The Morgan fingerprint density at radius 2 is 1.51 bits per heavy atom. The van der Waals surface area contributed by atoms with Crippen molar-refractivity contribution in [2.75, 3.05) is 6.54 Å². The summed E-state index contributed by atoms with van der Waals surface area (Å²) in [6, 6.07) is 20.8. The summed E-state index contributed by atoms with van der Waals surface area (Å²) in [6.45, 7) is 6.43. The highest BCUT2D eigenvalue weighted by Gasteiger charge is 2.35. The van der Waals surface area contributed by atoms with Crippen molar-refractivity contribution >= 4 is 5.91 Å². The lowest BCUT2D eigenvalue weighted by atomic mass is 9.97. The summed E-state index contributed by atoms with van der Waals surface area (Å²) in [7, 11) is 0. The van der Waals surface area contributed by atoms with Crippen LogP contribution in [0, 0.1) is 0 Å². The lowest BCUT2D eigenvalue weighted by Crippen LogP contribution is -2.56. The number of hydrogen-bond acceptors (Lipinski definition) is 4. The van der Waals surface area contributed by atoms with Gasteiger partial charge >= 0.3 is 0 Å². The first-order valence-electron chi connectivity index (χ1n) is 13.3. The van der Waals surface area contributed by atoms with E-state index in [0.29, 0.717) is 6.54 Å². The van der Waals surface area contributed by atoms with Crippen LogP contribution in [0.1, 0.15) is 76.8 Å². The molecule has 5 nitrogen and oxygen atoms in total. The molecule has 0 saturated carbocycles. The Hall–Kier alpha value is -2.21. The van der Waals surface area contributed by atoms with Gasteiger partial charge in [0.1, 0.15) is 0 Å². The molecule has 1 fully saturated rings. The Labute approximate surface area is 211 Å². The monoisotopic (exact) mass is 480 g/mol. The third kappa shape index (κ3) is 9.75. The Morgan fingerprint density at radius 1 is 0.971 bits per heavy atom. The Morgan fingerprint density at radius 3 is 2.03 bits per heavy atom. The minimum atomic E-state index is -1.07. The quantitative estimate of drug-likeness (QED) is 0.396. The molecule has 0 spiro atoms. The summed E-state index contributed by atoms with van der Waals surface area (Å²) in [5, 5.41) is 14.1. The number of carbonyl (C=O) groups excluding carboxylic acids is 1. The summed E-state index contributed by atoms with van der Waals surface area (Å²) in [5.74, 6) is 0.0191. The maximum Gasteiger partial charge on any atom is 0.237 e. The molecule has 2 aromatic rings. The Bertz CT molecular complexity index is 821. The van der Waals surface area contributed by atoms with Gasteiger partial charge in [-0.1, -0.05) is 67.1 Å². The first-order valence-corrected chi connectivity index (χ1v) is 13.3. The van der Waals surface area contributed by atoms with Crippen LogP contribution in [-0.2, 0) is 22.4 Å². The molecule has 1 aliphatic heterocycles. The van der Waals surface area contributed by atoms with Crippen molar-refractivity contribution in [3.05, 3.63) is 71.8 Å². The maximum absolute atomic E-state index is 13.4. The highest BCUT2D eigenvalue weighted by atomic mass is 16.6. The third-order valence-electron chi connectivity index (χ3n) is 6.66. The topological polar surface area (TPSA) is 61.8 Å². The Balaban J connectivity index is 1.60. The van der Waals surface area contributed by atoms with Crippen molar-refractivity contribution in [3.63, 3.8) is 0 Å². The van der Waals surface area contributed by atoms with E-state index in [4.69, 9.17) is 4.74 Å². The fraction of sp³-hybridized carbons (Fsp3) is 0.567. The molecule has 0 aromatic heterocycles. The van der Waals surface area contributed by atoms with Gasteiger partial charge < -0.3 is 15.2 Å². The molecule has 0 bridgehead atoms. The van der Waals surface area contributed by atoms with E-state index in [0.717, 1.165) is 57.8 Å². The molecule has 0 aliphatic carbocycles. The molecule has 1 saturated heterocycles. The zero-order valence-electron chi connectivity index (χ0n) is 21.8. The SMILES string of the molecule is CC(C)(C)OC(O)N1CCCCC1C(=O)NC(CCCc1ccccc1)CCCc1ccccc1. The molecule has 1 amide bonds. The Kier molecular flexibility index (Phi) is 10.8. The number of aliphatic hydroxyl groups is 1. The van der Waals surface area contributed by atoms with Gasteiger partial charge in [-0.15, -0.1) is 0 Å². The number of nitrogens with one attached hydrogen (secondary N) is 1. The van der Waals surface area contributed by atoms with Crippen LogP contribution in [0.5, 0.6) is 0 Å². The van der Waals surface area contributed by atoms with Crippen molar-refractivity contribution in [1.29, 1.82) is 0 Å². The largest absolute Gasteiger partial charge is 0.356 e. The second-order valence-electron chi connectivity index (χ2n) is 10.8. The van der Waals surface area contributed by atoms with Crippen molar-refractivity contribution in [2.24, 2.45) is 0 Å². The number of aliphatic hydroxyl groups excluding tert-OH is 1. The van der Waals surface area contributed by atoms with Gasteiger partial charge in [-0.2, -0.15) is 0 Å². The highest BCUT2D eigenvalue weighted by Crippen LogP contribution is 2.23. The highest BCUT2D eigenvalue weighted by molar-refractivity contribution is 5.82. The lowest BCUT2D eigenvalue weighted by molar-refractivity contribution is -0.251.